The molecule has 0 spiro atoms. The second-order valence-corrected chi connectivity index (χ2v) is 2.69. The van der Waals surface area contributed by atoms with Crippen molar-refractivity contribution >= 4 is 18.4 Å². The SMILES string of the molecule is Cl.NC(N)=NCc1c(F)c(F)cc(F)c1F. The number of halogens is 5. The molecule has 0 bridgehead atoms. The fraction of sp³-hybridized carbons (Fsp3) is 0.125. The van der Waals surface area contributed by atoms with E-state index in [1.165, 1.54) is 0 Å². The molecule has 0 aliphatic rings. The zero-order valence-corrected chi connectivity index (χ0v) is 8.62. The van der Waals surface area contributed by atoms with Gasteiger partial charge in [-0.1, -0.05) is 0 Å². The lowest BCUT2D eigenvalue weighted by Crippen LogP contribution is -2.23. The van der Waals surface area contributed by atoms with E-state index in [9.17, 15) is 17.6 Å². The van der Waals surface area contributed by atoms with Crippen molar-refractivity contribution in [3.8, 4) is 0 Å². The van der Waals surface area contributed by atoms with Crippen LogP contribution in [0.3, 0.4) is 0 Å². The van der Waals surface area contributed by atoms with Gasteiger partial charge in [0.2, 0.25) is 0 Å². The monoisotopic (exact) mass is 257 g/mol. The highest BCUT2D eigenvalue weighted by molar-refractivity contribution is 5.85. The molecule has 0 radical (unpaired) electrons. The molecule has 3 nitrogen and oxygen atoms in total. The predicted octanol–water partition coefficient (Wildman–Crippen LogP) is 1.44. The minimum Gasteiger partial charge on any atom is -0.370 e. The van der Waals surface area contributed by atoms with Crippen molar-refractivity contribution in [2.45, 2.75) is 6.54 Å². The lowest BCUT2D eigenvalue weighted by Gasteiger charge is -2.04. The molecular formula is C8H8ClF4N3. The first-order chi connectivity index (χ1) is 6.93. The predicted molar refractivity (Wildman–Crippen MR) is 53.0 cm³/mol. The van der Waals surface area contributed by atoms with E-state index in [0.717, 1.165) is 0 Å². The van der Waals surface area contributed by atoms with Gasteiger partial charge in [-0.3, -0.25) is 0 Å². The topological polar surface area (TPSA) is 64.4 Å². The Morgan fingerprint density at radius 2 is 1.50 bits per heavy atom. The number of hydrogen-bond donors (Lipinski definition) is 2. The molecule has 0 amide bonds. The van der Waals surface area contributed by atoms with Gasteiger partial charge < -0.3 is 11.5 Å². The Labute approximate surface area is 94.6 Å². The molecule has 1 rings (SSSR count). The summed E-state index contributed by atoms with van der Waals surface area (Å²) in [4.78, 5) is 3.26. The van der Waals surface area contributed by atoms with E-state index in [1.807, 2.05) is 0 Å². The van der Waals surface area contributed by atoms with Gasteiger partial charge in [-0.25, -0.2) is 22.6 Å². The molecule has 90 valence electrons. The van der Waals surface area contributed by atoms with Crippen LogP contribution < -0.4 is 11.5 Å². The van der Waals surface area contributed by atoms with Crippen LogP contribution in [0.25, 0.3) is 0 Å². The quantitative estimate of drug-likeness (QED) is 0.364. The molecule has 1 aromatic carbocycles. The Morgan fingerprint density at radius 1 is 1.06 bits per heavy atom. The van der Waals surface area contributed by atoms with Crippen LogP contribution in [-0.2, 0) is 6.54 Å². The van der Waals surface area contributed by atoms with Crippen LogP contribution in [0.15, 0.2) is 11.1 Å². The van der Waals surface area contributed by atoms with E-state index in [1.54, 1.807) is 0 Å². The molecule has 0 aromatic heterocycles. The van der Waals surface area contributed by atoms with Gasteiger partial charge in [0.25, 0.3) is 0 Å². The van der Waals surface area contributed by atoms with E-state index in [4.69, 9.17) is 11.5 Å². The Hall–Kier alpha value is -1.50. The van der Waals surface area contributed by atoms with E-state index < -0.39 is 41.3 Å². The van der Waals surface area contributed by atoms with Crippen LogP contribution in [0.1, 0.15) is 5.56 Å². The fourth-order valence-electron chi connectivity index (χ4n) is 0.932. The van der Waals surface area contributed by atoms with Crippen LogP contribution >= 0.6 is 12.4 Å². The van der Waals surface area contributed by atoms with Gasteiger partial charge in [-0.2, -0.15) is 0 Å². The molecule has 0 saturated heterocycles. The summed E-state index contributed by atoms with van der Waals surface area (Å²) in [5, 5.41) is 0. The molecule has 4 N–H and O–H groups in total. The molecule has 1 aromatic rings. The van der Waals surface area contributed by atoms with Gasteiger partial charge in [-0.15, -0.1) is 12.4 Å². The minimum absolute atomic E-state index is 0. The van der Waals surface area contributed by atoms with Crippen molar-refractivity contribution in [2.75, 3.05) is 0 Å². The van der Waals surface area contributed by atoms with E-state index in [0.29, 0.717) is 0 Å². The second-order valence-electron chi connectivity index (χ2n) is 2.69. The fourth-order valence-corrected chi connectivity index (χ4v) is 0.932. The Morgan fingerprint density at radius 3 is 1.88 bits per heavy atom. The summed E-state index contributed by atoms with van der Waals surface area (Å²) in [6.07, 6.45) is 0. The maximum absolute atomic E-state index is 13.0. The van der Waals surface area contributed by atoms with Gasteiger partial charge >= 0.3 is 0 Å². The van der Waals surface area contributed by atoms with Crippen LogP contribution in [-0.4, -0.2) is 5.96 Å². The summed E-state index contributed by atoms with van der Waals surface area (Å²) < 4.78 is 51.2. The number of aliphatic imine (C=N–C) groups is 1. The first-order valence-electron chi connectivity index (χ1n) is 3.80. The maximum atomic E-state index is 13.0. The normalized spacial score (nSPS) is 9.50. The van der Waals surface area contributed by atoms with Crippen LogP contribution in [0.4, 0.5) is 17.6 Å². The van der Waals surface area contributed by atoms with Crippen molar-refractivity contribution in [2.24, 2.45) is 16.5 Å². The van der Waals surface area contributed by atoms with Crippen molar-refractivity contribution in [3.63, 3.8) is 0 Å². The lowest BCUT2D eigenvalue weighted by molar-refractivity contribution is 0.439. The van der Waals surface area contributed by atoms with Gasteiger partial charge in [0.15, 0.2) is 29.2 Å². The Kier molecular flexibility index (Phi) is 5.03. The zero-order chi connectivity index (χ0) is 11.6. The summed E-state index contributed by atoms with van der Waals surface area (Å²) in [6.45, 7) is -0.658. The first-order valence-corrected chi connectivity index (χ1v) is 3.80. The highest BCUT2D eigenvalue weighted by Crippen LogP contribution is 2.19. The molecule has 0 fully saturated rings. The van der Waals surface area contributed by atoms with Crippen molar-refractivity contribution in [1.82, 2.24) is 0 Å². The molecule has 0 aliphatic heterocycles. The summed E-state index contributed by atoms with van der Waals surface area (Å²) in [5.41, 5.74) is 8.98. The number of nitrogens with zero attached hydrogens (tertiary/aromatic N) is 1. The first kappa shape index (κ1) is 14.5. The van der Waals surface area contributed by atoms with Crippen molar-refractivity contribution in [1.29, 1.82) is 0 Å². The molecule has 0 aliphatic carbocycles. The molecular weight excluding hydrogens is 250 g/mol. The third-order valence-electron chi connectivity index (χ3n) is 1.62. The molecule has 8 heteroatoms. The summed E-state index contributed by atoms with van der Waals surface area (Å²) in [7, 11) is 0. The van der Waals surface area contributed by atoms with Gasteiger partial charge in [-0.05, 0) is 0 Å². The smallest absolute Gasteiger partial charge is 0.186 e. The van der Waals surface area contributed by atoms with Crippen molar-refractivity contribution in [3.05, 3.63) is 34.9 Å². The van der Waals surface area contributed by atoms with Gasteiger partial charge in [0.1, 0.15) is 0 Å². The molecule has 0 saturated carbocycles. The molecule has 0 heterocycles. The number of benzene rings is 1. The van der Waals surface area contributed by atoms with Gasteiger partial charge in [0.05, 0.1) is 12.1 Å². The zero-order valence-electron chi connectivity index (χ0n) is 7.81. The number of nitrogens with two attached hydrogens (primary N) is 2. The maximum Gasteiger partial charge on any atom is 0.186 e. The molecule has 0 atom stereocenters. The second kappa shape index (κ2) is 5.55. The number of hydrogen-bond acceptors (Lipinski definition) is 1. The van der Waals surface area contributed by atoms with E-state index in [-0.39, 0.29) is 18.5 Å². The van der Waals surface area contributed by atoms with Crippen molar-refractivity contribution < 1.29 is 17.6 Å². The van der Waals surface area contributed by atoms with Crippen LogP contribution in [0.5, 0.6) is 0 Å². The molecule has 0 unspecified atom stereocenters. The summed E-state index contributed by atoms with van der Waals surface area (Å²) >= 11 is 0. The highest BCUT2D eigenvalue weighted by atomic mass is 35.5. The largest absolute Gasteiger partial charge is 0.370 e. The van der Waals surface area contributed by atoms with Gasteiger partial charge in [0, 0.05) is 6.07 Å². The number of guanidine groups is 1. The summed E-state index contributed by atoms with van der Waals surface area (Å²) in [5.74, 6) is -6.42. The average molecular weight is 258 g/mol. The number of rotatable bonds is 2. The van der Waals surface area contributed by atoms with E-state index in [2.05, 4.69) is 4.99 Å². The van der Waals surface area contributed by atoms with E-state index >= 15 is 0 Å². The average Bonchev–Trinajstić information content (AvgIpc) is 2.14. The van der Waals surface area contributed by atoms with Crippen LogP contribution in [0, 0.1) is 23.3 Å². The third-order valence-corrected chi connectivity index (χ3v) is 1.62. The van der Waals surface area contributed by atoms with Crippen LogP contribution in [0.2, 0.25) is 0 Å². The Bertz CT molecular complexity index is 392. The lowest BCUT2D eigenvalue weighted by atomic mass is 10.2. The standard InChI is InChI=1S/C8H7F4N3.ClH/c9-4-1-5(10)7(12)3(6(4)11)2-15-8(13)14;/h1H,2H2,(H4,13,14,15);1H. The third kappa shape index (κ3) is 2.99. The molecule has 16 heavy (non-hydrogen) atoms. The Balaban J connectivity index is 0.00000225. The minimum atomic E-state index is -1.50. The highest BCUT2D eigenvalue weighted by Gasteiger charge is 2.18. The summed E-state index contributed by atoms with van der Waals surface area (Å²) in [6, 6.07) is 0.115.